The number of benzene rings is 1. The van der Waals surface area contributed by atoms with Gasteiger partial charge in [-0.15, -0.1) is 0 Å². The molecular weight excluding hydrogens is 463 g/mol. The molecule has 2 heterocycles. The molecule has 1 N–H and O–H groups in total. The third-order valence-electron chi connectivity index (χ3n) is 4.55. The van der Waals surface area contributed by atoms with Gasteiger partial charge in [0.1, 0.15) is 0 Å². The van der Waals surface area contributed by atoms with Crippen LogP contribution in [0.1, 0.15) is 5.56 Å². The van der Waals surface area contributed by atoms with Gasteiger partial charge in [0.2, 0.25) is 17.7 Å². The van der Waals surface area contributed by atoms with Crippen molar-refractivity contribution in [2.75, 3.05) is 46.2 Å². The number of halogens is 2. The van der Waals surface area contributed by atoms with E-state index in [1.165, 1.54) is 26.0 Å². The van der Waals surface area contributed by atoms with Gasteiger partial charge in [-0.05, 0) is 17.7 Å². The summed E-state index contributed by atoms with van der Waals surface area (Å²) >= 11 is 13.3. The predicted molar refractivity (Wildman–Crippen MR) is 120 cm³/mol. The van der Waals surface area contributed by atoms with Crippen LogP contribution in [0.25, 0.3) is 0 Å². The molecule has 1 fully saturated rings. The highest BCUT2D eigenvalue weighted by Gasteiger charge is 2.21. The number of nitrogens with one attached hydrogen (secondary N) is 1. The quantitative estimate of drug-likeness (QED) is 0.427. The van der Waals surface area contributed by atoms with Crippen LogP contribution >= 0.6 is 35.0 Å². The third-order valence-corrected chi connectivity index (χ3v) is 6.14. The average molecular weight is 487 g/mol. The highest BCUT2D eigenvalue weighted by molar-refractivity contribution is 7.99. The van der Waals surface area contributed by atoms with E-state index in [1.54, 1.807) is 12.1 Å². The molecule has 1 aliphatic rings. The summed E-state index contributed by atoms with van der Waals surface area (Å²) in [6, 6.07) is 7.22. The van der Waals surface area contributed by atoms with E-state index in [9.17, 15) is 4.79 Å². The highest BCUT2D eigenvalue weighted by atomic mass is 35.5. The standard InChI is InChI=1S/C20H24Cl2N4O4S/c1-28-18-8-19(29-2)25-20(24-18)31-12-17(27)23-9-14-11-26(5-6-30-14)10-13-3-4-15(21)16(22)7-13/h3-4,7-8,14H,5-6,9-12H2,1-2H3,(H,23,27)/t14-/m0/s1. The fourth-order valence-corrected chi connectivity index (χ4v) is 4.00. The van der Waals surface area contributed by atoms with Crippen molar-refractivity contribution in [3.8, 4) is 11.8 Å². The molecule has 0 unspecified atom stereocenters. The Kier molecular flexibility index (Phi) is 9.03. The number of morpholine rings is 1. The van der Waals surface area contributed by atoms with Gasteiger partial charge in [-0.3, -0.25) is 9.69 Å². The van der Waals surface area contributed by atoms with E-state index in [-0.39, 0.29) is 17.8 Å². The molecule has 1 saturated heterocycles. The Morgan fingerprint density at radius 2 is 1.97 bits per heavy atom. The van der Waals surface area contributed by atoms with Gasteiger partial charge in [-0.25, -0.2) is 0 Å². The van der Waals surface area contributed by atoms with E-state index >= 15 is 0 Å². The fraction of sp³-hybridized carbons (Fsp3) is 0.450. The molecule has 0 saturated carbocycles. The molecule has 0 aliphatic carbocycles. The molecule has 1 atom stereocenters. The first-order valence-electron chi connectivity index (χ1n) is 9.61. The SMILES string of the molecule is COc1cc(OC)nc(SCC(=O)NC[C@H]2CN(Cc3ccc(Cl)c(Cl)c3)CCO2)n1. The van der Waals surface area contributed by atoms with Gasteiger partial charge in [0, 0.05) is 26.2 Å². The Labute approximate surface area is 195 Å². The molecule has 1 aromatic carbocycles. The van der Waals surface area contributed by atoms with E-state index < -0.39 is 0 Å². The van der Waals surface area contributed by atoms with E-state index in [4.69, 9.17) is 37.4 Å². The molecule has 168 valence electrons. The average Bonchev–Trinajstić information content (AvgIpc) is 2.78. The second-order valence-corrected chi connectivity index (χ2v) is 8.56. The van der Waals surface area contributed by atoms with E-state index in [0.29, 0.717) is 46.7 Å². The molecule has 0 spiro atoms. The van der Waals surface area contributed by atoms with Crippen LogP contribution in [0.4, 0.5) is 0 Å². The summed E-state index contributed by atoms with van der Waals surface area (Å²) in [7, 11) is 3.02. The second-order valence-electron chi connectivity index (χ2n) is 6.80. The number of hydrogen-bond acceptors (Lipinski definition) is 8. The zero-order valence-electron chi connectivity index (χ0n) is 17.3. The molecule has 11 heteroatoms. The predicted octanol–water partition coefficient (Wildman–Crippen LogP) is 2.91. The number of aromatic nitrogens is 2. The van der Waals surface area contributed by atoms with Crippen LogP contribution in [-0.4, -0.2) is 73.1 Å². The summed E-state index contributed by atoms with van der Waals surface area (Å²) < 4.78 is 16.0. The molecule has 1 aliphatic heterocycles. The van der Waals surface area contributed by atoms with Crippen molar-refractivity contribution in [3.63, 3.8) is 0 Å². The minimum Gasteiger partial charge on any atom is -0.481 e. The van der Waals surface area contributed by atoms with Crippen LogP contribution in [0.5, 0.6) is 11.8 Å². The molecule has 0 bridgehead atoms. The van der Waals surface area contributed by atoms with Gasteiger partial charge in [0.25, 0.3) is 0 Å². The van der Waals surface area contributed by atoms with Crippen LogP contribution < -0.4 is 14.8 Å². The molecule has 8 nitrogen and oxygen atoms in total. The lowest BCUT2D eigenvalue weighted by Crippen LogP contribution is -2.47. The normalized spacial score (nSPS) is 16.7. The van der Waals surface area contributed by atoms with Crippen molar-refractivity contribution in [2.45, 2.75) is 17.8 Å². The smallest absolute Gasteiger partial charge is 0.230 e. The number of rotatable bonds is 9. The third kappa shape index (κ3) is 7.40. The summed E-state index contributed by atoms with van der Waals surface area (Å²) in [6.45, 7) is 3.31. The van der Waals surface area contributed by atoms with Crippen LogP contribution in [0.2, 0.25) is 10.0 Å². The van der Waals surface area contributed by atoms with Gasteiger partial charge < -0.3 is 19.5 Å². The monoisotopic (exact) mass is 486 g/mol. The minimum atomic E-state index is -0.124. The summed E-state index contributed by atoms with van der Waals surface area (Å²) in [6.07, 6.45) is -0.0846. The highest BCUT2D eigenvalue weighted by Crippen LogP contribution is 2.24. The number of nitrogens with zero attached hydrogens (tertiary/aromatic N) is 3. The first-order chi connectivity index (χ1) is 15.0. The molecule has 31 heavy (non-hydrogen) atoms. The van der Waals surface area contributed by atoms with Gasteiger partial charge in [-0.1, -0.05) is 41.0 Å². The van der Waals surface area contributed by atoms with Gasteiger partial charge in [-0.2, -0.15) is 9.97 Å². The van der Waals surface area contributed by atoms with Crippen LogP contribution in [-0.2, 0) is 16.1 Å². The van der Waals surface area contributed by atoms with E-state index in [0.717, 1.165) is 18.7 Å². The van der Waals surface area contributed by atoms with Crippen LogP contribution in [0, 0.1) is 0 Å². The Morgan fingerprint density at radius 1 is 1.23 bits per heavy atom. The van der Waals surface area contributed by atoms with Crippen molar-refractivity contribution in [1.29, 1.82) is 0 Å². The minimum absolute atomic E-state index is 0.0846. The first kappa shape index (κ1) is 23.9. The van der Waals surface area contributed by atoms with Crippen LogP contribution in [0.3, 0.4) is 0 Å². The first-order valence-corrected chi connectivity index (χ1v) is 11.4. The lowest BCUT2D eigenvalue weighted by Gasteiger charge is -2.33. The largest absolute Gasteiger partial charge is 0.481 e. The molecule has 1 amide bonds. The Morgan fingerprint density at radius 3 is 2.65 bits per heavy atom. The Bertz CT molecular complexity index is 883. The second kappa shape index (κ2) is 11.7. The summed E-state index contributed by atoms with van der Waals surface area (Å²) in [4.78, 5) is 22.9. The lowest BCUT2D eigenvalue weighted by molar-refractivity contribution is -0.119. The van der Waals surface area contributed by atoms with Crippen molar-refractivity contribution < 1.29 is 19.0 Å². The van der Waals surface area contributed by atoms with Crippen molar-refractivity contribution in [2.24, 2.45) is 0 Å². The number of hydrogen-bond donors (Lipinski definition) is 1. The maximum Gasteiger partial charge on any atom is 0.230 e. The van der Waals surface area contributed by atoms with E-state index in [1.807, 2.05) is 12.1 Å². The number of carbonyl (C=O) groups is 1. The van der Waals surface area contributed by atoms with Crippen molar-refractivity contribution in [1.82, 2.24) is 20.2 Å². The number of thioether (sulfide) groups is 1. The van der Waals surface area contributed by atoms with Gasteiger partial charge in [0.15, 0.2) is 5.16 Å². The Balaban J connectivity index is 1.44. The zero-order chi connectivity index (χ0) is 22.2. The summed E-state index contributed by atoms with van der Waals surface area (Å²) in [5.41, 5.74) is 1.09. The number of ether oxygens (including phenoxy) is 3. The maximum absolute atomic E-state index is 12.3. The number of methoxy groups -OCH3 is 2. The molecule has 2 aromatic rings. The van der Waals surface area contributed by atoms with Crippen molar-refractivity contribution in [3.05, 3.63) is 39.9 Å². The maximum atomic E-state index is 12.3. The lowest BCUT2D eigenvalue weighted by atomic mass is 10.2. The topological polar surface area (TPSA) is 85.8 Å². The van der Waals surface area contributed by atoms with Crippen molar-refractivity contribution >= 4 is 40.9 Å². The number of carbonyl (C=O) groups excluding carboxylic acids is 1. The fourth-order valence-electron chi connectivity index (χ4n) is 3.01. The Hall–Kier alpha value is -1.78. The van der Waals surface area contributed by atoms with Gasteiger partial charge >= 0.3 is 0 Å². The molecule has 3 rings (SSSR count). The van der Waals surface area contributed by atoms with E-state index in [2.05, 4.69) is 20.2 Å². The molecular formula is C20H24Cl2N4O4S. The number of amides is 1. The summed E-state index contributed by atoms with van der Waals surface area (Å²) in [5.74, 6) is 0.816. The van der Waals surface area contributed by atoms with Crippen LogP contribution in [0.15, 0.2) is 29.4 Å². The van der Waals surface area contributed by atoms with Gasteiger partial charge in [0.05, 0.1) is 48.8 Å². The molecule has 0 radical (unpaired) electrons. The molecule has 1 aromatic heterocycles. The zero-order valence-corrected chi connectivity index (χ0v) is 19.6. The summed E-state index contributed by atoms with van der Waals surface area (Å²) in [5, 5.41) is 4.42.